The molecule has 0 fully saturated rings. The second-order valence-electron chi connectivity index (χ2n) is 16.1. The maximum absolute atomic E-state index is 13.7. The average Bonchev–Trinajstić information content (AvgIpc) is 3.25. The van der Waals surface area contributed by atoms with Crippen LogP contribution in [0.4, 0.5) is 48.3 Å². The van der Waals surface area contributed by atoms with Gasteiger partial charge in [0.15, 0.2) is 0 Å². The van der Waals surface area contributed by atoms with Crippen molar-refractivity contribution in [3.8, 4) is 44.5 Å². The molecule has 0 saturated carbocycles. The SMILES string of the molecule is Cc1cc(F)c(-c2cc(F)c(C)c(F)c2)c(F)c1.Cc1ccc(-c2cc(F)c(C)c(F)c2)c(F)c1.Cc1ccc(-c2cc(F)c(C)c(F)c2)cc1.Cc1ccc(-c2ccc(C)c(F)c2)c(F)c1. The molecule has 0 atom stereocenters. The second-order valence-corrected chi connectivity index (χ2v) is 16.1. The zero-order valence-corrected chi connectivity index (χ0v) is 37.8. The van der Waals surface area contributed by atoms with Crippen LogP contribution in [0.1, 0.15) is 44.5 Å². The summed E-state index contributed by atoms with van der Waals surface area (Å²) in [4.78, 5) is 0. The second kappa shape index (κ2) is 22.0. The Kier molecular flexibility index (Phi) is 16.7. The lowest BCUT2D eigenvalue weighted by Gasteiger charge is -2.08. The van der Waals surface area contributed by atoms with Gasteiger partial charge in [-0.25, -0.2) is 48.3 Å². The van der Waals surface area contributed by atoms with Crippen molar-refractivity contribution in [2.45, 2.75) is 55.4 Å². The lowest BCUT2D eigenvalue weighted by molar-refractivity contribution is 0.565. The highest BCUT2D eigenvalue weighted by Crippen LogP contribution is 2.31. The van der Waals surface area contributed by atoms with Gasteiger partial charge < -0.3 is 0 Å². The van der Waals surface area contributed by atoms with Crippen LogP contribution in [0.15, 0.2) is 127 Å². The molecule has 0 radical (unpaired) electrons. The van der Waals surface area contributed by atoms with E-state index in [0.717, 1.165) is 58.7 Å². The number of hydrogen-bond donors (Lipinski definition) is 0. The van der Waals surface area contributed by atoms with Crippen LogP contribution < -0.4 is 0 Å². The van der Waals surface area contributed by atoms with E-state index < -0.39 is 57.9 Å². The van der Waals surface area contributed by atoms with E-state index in [4.69, 9.17) is 0 Å². The summed E-state index contributed by atoms with van der Waals surface area (Å²) in [5.74, 6) is -6.78. The van der Waals surface area contributed by atoms with Crippen molar-refractivity contribution in [1.82, 2.24) is 0 Å². The van der Waals surface area contributed by atoms with Gasteiger partial charge in [-0.05, 0) is 172 Å². The molecule has 8 aromatic carbocycles. The van der Waals surface area contributed by atoms with Gasteiger partial charge in [0.2, 0.25) is 0 Å². The van der Waals surface area contributed by atoms with Crippen LogP contribution >= 0.6 is 0 Å². The van der Waals surface area contributed by atoms with Crippen LogP contribution in [0.5, 0.6) is 0 Å². The van der Waals surface area contributed by atoms with Gasteiger partial charge in [0.05, 0.1) is 5.56 Å². The van der Waals surface area contributed by atoms with Gasteiger partial charge in [0, 0.05) is 27.8 Å². The first-order valence-electron chi connectivity index (χ1n) is 20.7. The normalized spacial score (nSPS) is 10.6. The van der Waals surface area contributed by atoms with Crippen molar-refractivity contribution in [1.29, 1.82) is 0 Å². The minimum absolute atomic E-state index is 0.0544. The van der Waals surface area contributed by atoms with E-state index in [1.165, 1.54) is 64.1 Å². The number of benzene rings is 8. The van der Waals surface area contributed by atoms with Crippen molar-refractivity contribution >= 4 is 0 Å². The predicted octanol–water partition coefficient (Wildman–Crippen LogP) is 17.4. The first kappa shape index (κ1) is 51.0. The molecule has 11 heteroatoms. The molecule has 8 aromatic rings. The number of aryl methyl sites for hydroxylation is 5. The summed E-state index contributed by atoms with van der Waals surface area (Å²) in [6, 6.07) is 30.9. The summed E-state index contributed by atoms with van der Waals surface area (Å²) in [7, 11) is 0. The molecule has 346 valence electrons. The van der Waals surface area contributed by atoms with Gasteiger partial charge in [0.25, 0.3) is 0 Å². The fraction of sp³-hybridized carbons (Fsp3) is 0.143. The van der Waals surface area contributed by atoms with Gasteiger partial charge >= 0.3 is 0 Å². The maximum atomic E-state index is 13.7. The summed E-state index contributed by atoms with van der Waals surface area (Å²) < 4.78 is 148. The van der Waals surface area contributed by atoms with E-state index in [2.05, 4.69) is 0 Å². The van der Waals surface area contributed by atoms with E-state index in [1.54, 1.807) is 38.1 Å². The van der Waals surface area contributed by atoms with Gasteiger partial charge in [-0.15, -0.1) is 0 Å². The standard InChI is InChI=1S/C14H10F4.C14H11F3.2C14H12F2/c1-7-3-12(17)14(13(18)4-7)9-5-10(15)8(2)11(16)6-9;1-8-3-4-11(14(17)5-8)10-6-12(15)9(2)13(16)7-10;1-9-3-6-12(14(16)7-9)11-5-4-10(2)13(15)8-11;1-9-3-5-11(6-4-9)12-7-13(15)10(2)14(16)8-12/h3-6H,1-2H3;3-7H,1-2H3;2*3-8H,1-2H3. The Balaban J connectivity index is 0.000000167. The molecule has 0 aromatic heterocycles. The Bertz CT molecular complexity index is 2970. The highest BCUT2D eigenvalue weighted by Gasteiger charge is 2.17. The third-order valence-electron chi connectivity index (χ3n) is 10.7. The number of rotatable bonds is 4. The van der Waals surface area contributed by atoms with E-state index in [-0.39, 0.29) is 45.0 Å². The van der Waals surface area contributed by atoms with E-state index in [9.17, 15) is 48.3 Å². The van der Waals surface area contributed by atoms with E-state index >= 15 is 0 Å². The lowest BCUT2D eigenvalue weighted by Crippen LogP contribution is -1.96. The monoisotopic (exact) mass is 926 g/mol. The largest absolute Gasteiger partial charge is 0.207 e. The number of hydrogen-bond acceptors (Lipinski definition) is 0. The Labute approximate surface area is 383 Å². The molecule has 0 unspecified atom stereocenters. The molecule has 0 N–H and O–H groups in total. The average molecular weight is 927 g/mol. The molecular weight excluding hydrogens is 882 g/mol. The van der Waals surface area contributed by atoms with Gasteiger partial charge in [0.1, 0.15) is 64.0 Å². The summed E-state index contributed by atoms with van der Waals surface area (Å²) in [6.07, 6.45) is 0. The lowest BCUT2D eigenvalue weighted by atomic mass is 10.0. The topological polar surface area (TPSA) is 0 Å². The Morgan fingerprint density at radius 1 is 0.224 bits per heavy atom. The van der Waals surface area contributed by atoms with Crippen LogP contribution in [0, 0.1) is 119 Å². The van der Waals surface area contributed by atoms with Crippen molar-refractivity contribution < 1.29 is 48.3 Å². The molecule has 0 aliphatic rings. The van der Waals surface area contributed by atoms with Gasteiger partial charge in [-0.2, -0.15) is 0 Å². The van der Waals surface area contributed by atoms with Crippen LogP contribution in [0.25, 0.3) is 44.5 Å². The Morgan fingerprint density at radius 3 is 0.955 bits per heavy atom. The molecule has 0 bridgehead atoms. The molecule has 0 saturated heterocycles. The highest BCUT2D eigenvalue weighted by atomic mass is 19.2. The van der Waals surface area contributed by atoms with Crippen molar-refractivity contribution in [3.63, 3.8) is 0 Å². The maximum Gasteiger partial charge on any atom is 0.134 e. The Hall–Kier alpha value is -7.01. The molecule has 0 amide bonds. The van der Waals surface area contributed by atoms with Crippen LogP contribution in [-0.2, 0) is 0 Å². The summed E-state index contributed by atoms with van der Waals surface area (Å²) >= 11 is 0. The number of halogens is 11. The zero-order valence-electron chi connectivity index (χ0n) is 37.8. The Morgan fingerprint density at radius 2 is 0.552 bits per heavy atom. The van der Waals surface area contributed by atoms with Crippen LogP contribution in [0.3, 0.4) is 0 Å². The van der Waals surface area contributed by atoms with Gasteiger partial charge in [-0.3, -0.25) is 0 Å². The van der Waals surface area contributed by atoms with Crippen molar-refractivity contribution in [3.05, 3.63) is 236 Å². The van der Waals surface area contributed by atoms with Crippen LogP contribution in [-0.4, -0.2) is 0 Å². The molecule has 0 aliphatic carbocycles. The first-order valence-corrected chi connectivity index (χ1v) is 20.7. The quantitative estimate of drug-likeness (QED) is 0.154. The van der Waals surface area contributed by atoms with Crippen LogP contribution in [0.2, 0.25) is 0 Å². The highest BCUT2D eigenvalue weighted by molar-refractivity contribution is 5.68. The molecule has 0 nitrogen and oxygen atoms in total. The third kappa shape index (κ3) is 12.9. The molecule has 0 aliphatic heterocycles. The first-order chi connectivity index (χ1) is 31.5. The van der Waals surface area contributed by atoms with E-state index in [0.29, 0.717) is 27.8 Å². The fourth-order valence-electron chi connectivity index (χ4n) is 6.59. The minimum atomic E-state index is -0.838. The summed E-state index contributed by atoms with van der Waals surface area (Å²) in [5.41, 5.74) is 5.79. The van der Waals surface area contributed by atoms with Crippen molar-refractivity contribution in [2.24, 2.45) is 0 Å². The minimum Gasteiger partial charge on any atom is -0.207 e. The van der Waals surface area contributed by atoms with E-state index in [1.807, 2.05) is 44.2 Å². The summed E-state index contributed by atoms with van der Waals surface area (Å²) in [5, 5.41) is 0. The van der Waals surface area contributed by atoms with Gasteiger partial charge in [-0.1, -0.05) is 66.2 Å². The smallest absolute Gasteiger partial charge is 0.134 e. The molecule has 8 rings (SSSR count). The molecule has 0 spiro atoms. The predicted molar refractivity (Wildman–Crippen MR) is 245 cm³/mol. The third-order valence-corrected chi connectivity index (χ3v) is 10.7. The molecule has 67 heavy (non-hydrogen) atoms. The zero-order chi connectivity index (χ0) is 49.4. The summed E-state index contributed by atoms with van der Waals surface area (Å²) in [6.45, 7) is 12.8. The molecule has 0 heterocycles. The fourth-order valence-corrected chi connectivity index (χ4v) is 6.59. The van der Waals surface area contributed by atoms with Crippen molar-refractivity contribution in [2.75, 3.05) is 0 Å². The molecular formula is C56H45F11.